The van der Waals surface area contributed by atoms with Crippen LogP contribution in [0.15, 0.2) is 47.3 Å². The summed E-state index contributed by atoms with van der Waals surface area (Å²) in [5.74, 6) is 0.0647. The molecule has 4 rings (SSSR count). The van der Waals surface area contributed by atoms with Gasteiger partial charge < -0.3 is 20.5 Å². The quantitative estimate of drug-likeness (QED) is 0.665. The molecular formula is C19H16N4O5. The minimum atomic E-state index is -0.772. The smallest absolute Gasteiger partial charge is 0.275 e. The SMILES string of the molecule is NC(=O)c1nn(CC(=O)NCc2ccc3c(c2)OCO3)c(=O)c2ccccc12. The van der Waals surface area contributed by atoms with Gasteiger partial charge in [-0.1, -0.05) is 24.3 Å². The average molecular weight is 380 g/mol. The van der Waals surface area contributed by atoms with Crippen molar-refractivity contribution in [3.8, 4) is 11.5 Å². The molecule has 2 aromatic carbocycles. The average Bonchev–Trinajstić information content (AvgIpc) is 3.16. The molecule has 0 spiro atoms. The maximum Gasteiger partial charge on any atom is 0.275 e. The van der Waals surface area contributed by atoms with Gasteiger partial charge in [-0.15, -0.1) is 0 Å². The standard InChI is InChI=1S/C19H16N4O5/c20-18(25)17-12-3-1-2-4-13(12)19(26)23(22-17)9-16(24)21-8-11-5-6-14-15(7-11)28-10-27-14/h1-7H,8-10H2,(H2,20,25)(H,21,24). The van der Waals surface area contributed by atoms with Crippen LogP contribution in [0.4, 0.5) is 0 Å². The minimum Gasteiger partial charge on any atom is -0.454 e. The Morgan fingerprint density at radius 2 is 1.86 bits per heavy atom. The van der Waals surface area contributed by atoms with Crippen LogP contribution in [0.2, 0.25) is 0 Å². The molecule has 2 heterocycles. The van der Waals surface area contributed by atoms with Gasteiger partial charge in [-0.25, -0.2) is 4.68 Å². The molecule has 1 aromatic heterocycles. The molecule has 28 heavy (non-hydrogen) atoms. The number of rotatable bonds is 5. The Morgan fingerprint density at radius 3 is 2.64 bits per heavy atom. The first-order valence-corrected chi connectivity index (χ1v) is 8.48. The number of nitrogens with zero attached hydrogens (tertiary/aromatic N) is 2. The number of nitrogens with one attached hydrogen (secondary N) is 1. The summed E-state index contributed by atoms with van der Waals surface area (Å²) >= 11 is 0. The van der Waals surface area contributed by atoms with E-state index in [1.807, 2.05) is 0 Å². The van der Waals surface area contributed by atoms with Gasteiger partial charge >= 0.3 is 0 Å². The molecule has 0 fully saturated rings. The van der Waals surface area contributed by atoms with E-state index in [0.717, 1.165) is 10.2 Å². The maximum atomic E-state index is 12.6. The predicted molar refractivity (Wildman–Crippen MR) is 98.9 cm³/mol. The van der Waals surface area contributed by atoms with Crippen LogP contribution in [-0.4, -0.2) is 28.4 Å². The number of primary amides is 1. The van der Waals surface area contributed by atoms with Crippen molar-refractivity contribution in [3.05, 3.63) is 64.1 Å². The minimum absolute atomic E-state index is 0.0567. The lowest BCUT2D eigenvalue weighted by Gasteiger charge is -2.10. The van der Waals surface area contributed by atoms with E-state index < -0.39 is 17.4 Å². The zero-order valence-corrected chi connectivity index (χ0v) is 14.7. The molecule has 3 aromatic rings. The Morgan fingerprint density at radius 1 is 1.11 bits per heavy atom. The second-order valence-corrected chi connectivity index (χ2v) is 6.19. The molecule has 9 heteroatoms. The number of ether oxygens (including phenoxy) is 2. The maximum absolute atomic E-state index is 12.6. The summed E-state index contributed by atoms with van der Waals surface area (Å²) in [5.41, 5.74) is 5.65. The molecule has 1 aliphatic rings. The Bertz CT molecular complexity index is 1150. The molecule has 2 amide bonds. The highest BCUT2D eigenvalue weighted by Gasteiger charge is 2.16. The summed E-state index contributed by atoms with van der Waals surface area (Å²) in [4.78, 5) is 36.6. The predicted octanol–water partition coefficient (Wildman–Crippen LogP) is 0.540. The number of fused-ring (bicyclic) bond motifs is 2. The molecule has 0 radical (unpaired) electrons. The summed E-state index contributed by atoms with van der Waals surface area (Å²) in [6, 6.07) is 11.8. The fraction of sp³-hybridized carbons (Fsp3) is 0.158. The first-order chi connectivity index (χ1) is 13.5. The Labute approximate surface area is 158 Å². The summed E-state index contributed by atoms with van der Waals surface area (Å²) in [6.07, 6.45) is 0. The van der Waals surface area contributed by atoms with Crippen LogP contribution in [0.5, 0.6) is 11.5 Å². The van der Waals surface area contributed by atoms with Crippen LogP contribution in [0.1, 0.15) is 16.1 Å². The molecule has 0 saturated carbocycles. The van der Waals surface area contributed by atoms with Crippen molar-refractivity contribution >= 4 is 22.6 Å². The molecule has 0 unspecified atom stereocenters. The fourth-order valence-electron chi connectivity index (χ4n) is 2.97. The highest BCUT2D eigenvalue weighted by Crippen LogP contribution is 2.32. The van der Waals surface area contributed by atoms with Gasteiger partial charge in [-0.2, -0.15) is 5.10 Å². The van der Waals surface area contributed by atoms with Gasteiger partial charge in [0.2, 0.25) is 12.7 Å². The van der Waals surface area contributed by atoms with E-state index in [0.29, 0.717) is 16.9 Å². The highest BCUT2D eigenvalue weighted by atomic mass is 16.7. The number of benzene rings is 2. The molecule has 9 nitrogen and oxygen atoms in total. The summed E-state index contributed by atoms with van der Waals surface area (Å²) in [5, 5.41) is 7.32. The lowest BCUT2D eigenvalue weighted by molar-refractivity contribution is -0.122. The number of carbonyl (C=O) groups excluding carboxylic acids is 2. The van der Waals surface area contributed by atoms with Gasteiger partial charge in [0.1, 0.15) is 6.54 Å². The van der Waals surface area contributed by atoms with E-state index in [1.54, 1.807) is 42.5 Å². The third kappa shape index (κ3) is 3.25. The highest BCUT2D eigenvalue weighted by molar-refractivity contribution is 6.04. The number of nitrogens with two attached hydrogens (primary N) is 1. The Balaban J connectivity index is 1.53. The number of hydrogen-bond acceptors (Lipinski definition) is 6. The lowest BCUT2D eigenvalue weighted by atomic mass is 10.1. The normalized spacial score (nSPS) is 12.1. The van der Waals surface area contributed by atoms with Crippen LogP contribution in [-0.2, 0) is 17.9 Å². The van der Waals surface area contributed by atoms with Crippen LogP contribution >= 0.6 is 0 Å². The van der Waals surface area contributed by atoms with E-state index >= 15 is 0 Å². The number of aromatic nitrogens is 2. The Hall–Kier alpha value is -3.88. The number of carbonyl (C=O) groups is 2. The van der Waals surface area contributed by atoms with Crippen LogP contribution in [0.3, 0.4) is 0 Å². The third-order valence-corrected chi connectivity index (χ3v) is 4.32. The zero-order valence-electron chi connectivity index (χ0n) is 14.7. The van der Waals surface area contributed by atoms with E-state index in [2.05, 4.69) is 10.4 Å². The summed E-state index contributed by atoms with van der Waals surface area (Å²) in [6.45, 7) is 0.0683. The first kappa shape index (κ1) is 17.5. The van der Waals surface area contributed by atoms with Crippen molar-refractivity contribution in [2.45, 2.75) is 13.1 Å². The molecule has 3 N–H and O–H groups in total. The van der Waals surface area contributed by atoms with E-state index in [4.69, 9.17) is 15.2 Å². The van der Waals surface area contributed by atoms with Crippen molar-refractivity contribution in [1.82, 2.24) is 15.1 Å². The van der Waals surface area contributed by atoms with Gasteiger partial charge in [0.15, 0.2) is 17.2 Å². The van der Waals surface area contributed by atoms with Crippen molar-refractivity contribution in [3.63, 3.8) is 0 Å². The first-order valence-electron chi connectivity index (χ1n) is 8.48. The fourth-order valence-corrected chi connectivity index (χ4v) is 2.97. The Kier molecular flexibility index (Phi) is 4.40. The van der Waals surface area contributed by atoms with Gasteiger partial charge in [-0.05, 0) is 23.8 Å². The van der Waals surface area contributed by atoms with Crippen LogP contribution in [0.25, 0.3) is 10.8 Å². The number of hydrogen-bond donors (Lipinski definition) is 2. The molecule has 0 aliphatic carbocycles. The summed E-state index contributed by atoms with van der Waals surface area (Å²) < 4.78 is 11.5. The van der Waals surface area contributed by atoms with Crippen LogP contribution < -0.4 is 26.1 Å². The third-order valence-electron chi connectivity index (χ3n) is 4.32. The van der Waals surface area contributed by atoms with E-state index in [-0.39, 0.29) is 31.0 Å². The van der Waals surface area contributed by atoms with Crippen molar-refractivity contribution in [1.29, 1.82) is 0 Å². The van der Waals surface area contributed by atoms with Crippen molar-refractivity contribution in [2.75, 3.05) is 6.79 Å². The molecular weight excluding hydrogens is 364 g/mol. The van der Waals surface area contributed by atoms with E-state index in [9.17, 15) is 14.4 Å². The largest absolute Gasteiger partial charge is 0.454 e. The van der Waals surface area contributed by atoms with Crippen molar-refractivity contribution < 1.29 is 19.1 Å². The zero-order chi connectivity index (χ0) is 19.7. The van der Waals surface area contributed by atoms with Gasteiger partial charge in [0.25, 0.3) is 11.5 Å². The number of amides is 2. The summed E-state index contributed by atoms with van der Waals surface area (Å²) in [7, 11) is 0. The molecule has 1 aliphatic heterocycles. The van der Waals surface area contributed by atoms with Gasteiger partial charge in [-0.3, -0.25) is 14.4 Å². The molecule has 142 valence electrons. The van der Waals surface area contributed by atoms with E-state index in [1.165, 1.54) is 0 Å². The van der Waals surface area contributed by atoms with Crippen molar-refractivity contribution in [2.24, 2.45) is 5.73 Å². The lowest BCUT2D eigenvalue weighted by Crippen LogP contribution is -2.35. The van der Waals surface area contributed by atoms with Gasteiger partial charge in [0.05, 0.1) is 5.39 Å². The topological polar surface area (TPSA) is 126 Å². The molecule has 0 saturated heterocycles. The second kappa shape index (κ2) is 7.03. The second-order valence-electron chi connectivity index (χ2n) is 6.19. The van der Waals surface area contributed by atoms with Crippen LogP contribution in [0, 0.1) is 0 Å². The molecule has 0 atom stereocenters. The monoisotopic (exact) mass is 380 g/mol. The molecule has 0 bridgehead atoms. The van der Waals surface area contributed by atoms with Gasteiger partial charge in [0, 0.05) is 11.9 Å².